The van der Waals surface area contributed by atoms with Crippen LogP contribution in [0.15, 0.2) is 89.0 Å². The van der Waals surface area contributed by atoms with E-state index in [1.165, 1.54) is 4.90 Å². The van der Waals surface area contributed by atoms with E-state index in [0.717, 1.165) is 4.47 Å². The van der Waals surface area contributed by atoms with Gasteiger partial charge in [-0.05, 0) is 29.8 Å². The molecule has 1 unspecified atom stereocenters. The molecule has 1 atom stereocenters. The number of aliphatic hydroxyl groups excluding tert-OH is 1. The molecule has 0 saturated carbocycles. The molecular weight excluding hydrogens is 420 g/mol. The third-order valence-electron chi connectivity index (χ3n) is 4.57. The predicted octanol–water partition coefficient (Wildman–Crippen LogP) is 4.47. The van der Waals surface area contributed by atoms with E-state index in [2.05, 4.69) is 20.9 Å². The van der Waals surface area contributed by atoms with Crippen molar-refractivity contribution < 1.29 is 14.7 Å². The number of rotatable bonds is 3. The molecule has 1 aromatic heterocycles. The van der Waals surface area contributed by atoms with E-state index in [9.17, 15) is 14.7 Å². The predicted molar refractivity (Wildman–Crippen MR) is 110 cm³/mol. The van der Waals surface area contributed by atoms with Gasteiger partial charge in [0.05, 0.1) is 11.6 Å². The average molecular weight is 435 g/mol. The number of carbonyl (C=O) groups is 2. The lowest BCUT2D eigenvalue weighted by atomic mass is 9.95. The van der Waals surface area contributed by atoms with Crippen molar-refractivity contribution in [3.05, 3.63) is 100 Å². The number of amides is 1. The standard InChI is InChI=1S/C22H15BrN2O3/c23-16-11-9-15(10-12-16)20(26)18-19(14-6-2-1-3-7-14)25(22(28)21(18)27)17-8-4-5-13-24-17/h1-13,19,26H. The van der Waals surface area contributed by atoms with E-state index in [1.54, 1.807) is 48.7 Å². The molecule has 4 rings (SSSR count). The Morgan fingerprint density at radius 2 is 1.61 bits per heavy atom. The Morgan fingerprint density at radius 3 is 2.25 bits per heavy atom. The number of hydrogen-bond donors (Lipinski definition) is 1. The summed E-state index contributed by atoms with van der Waals surface area (Å²) in [6.07, 6.45) is 1.56. The number of ketones is 1. The Morgan fingerprint density at radius 1 is 0.929 bits per heavy atom. The fraction of sp³-hybridized carbons (Fsp3) is 0.0455. The number of halogens is 1. The highest BCUT2D eigenvalue weighted by Crippen LogP contribution is 2.41. The van der Waals surface area contributed by atoms with Gasteiger partial charge in [0.2, 0.25) is 0 Å². The first-order valence-corrected chi connectivity index (χ1v) is 9.40. The van der Waals surface area contributed by atoms with E-state index in [-0.39, 0.29) is 11.3 Å². The number of benzene rings is 2. The normalized spacial score (nSPS) is 18.5. The fourth-order valence-corrected chi connectivity index (χ4v) is 3.54. The number of anilines is 1. The highest BCUT2D eigenvalue weighted by atomic mass is 79.9. The third kappa shape index (κ3) is 3.12. The van der Waals surface area contributed by atoms with Crippen molar-refractivity contribution in [2.24, 2.45) is 0 Å². The van der Waals surface area contributed by atoms with Crippen LogP contribution < -0.4 is 4.90 Å². The average Bonchev–Trinajstić information content (AvgIpc) is 3.00. The fourth-order valence-electron chi connectivity index (χ4n) is 3.28. The summed E-state index contributed by atoms with van der Waals surface area (Å²) in [7, 11) is 0. The van der Waals surface area contributed by atoms with Crippen molar-refractivity contribution in [2.45, 2.75) is 6.04 Å². The van der Waals surface area contributed by atoms with E-state index in [1.807, 2.05) is 30.3 Å². The van der Waals surface area contributed by atoms with Crippen LogP contribution in [0.25, 0.3) is 5.76 Å². The largest absolute Gasteiger partial charge is 0.507 e. The minimum atomic E-state index is -0.764. The second-order valence-corrected chi connectivity index (χ2v) is 7.19. The smallest absolute Gasteiger partial charge is 0.301 e. The Bertz CT molecular complexity index is 1060. The summed E-state index contributed by atoms with van der Waals surface area (Å²) in [5.41, 5.74) is 1.22. The zero-order valence-corrected chi connectivity index (χ0v) is 16.2. The van der Waals surface area contributed by atoms with Crippen LogP contribution >= 0.6 is 15.9 Å². The molecular formula is C22H15BrN2O3. The molecule has 1 saturated heterocycles. The van der Waals surface area contributed by atoms with Gasteiger partial charge in [0.25, 0.3) is 5.78 Å². The highest BCUT2D eigenvalue weighted by Gasteiger charge is 2.47. The van der Waals surface area contributed by atoms with Crippen molar-refractivity contribution in [3.63, 3.8) is 0 Å². The lowest BCUT2D eigenvalue weighted by Crippen LogP contribution is -2.30. The second kappa shape index (κ2) is 7.40. The zero-order valence-electron chi connectivity index (χ0n) is 14.6. The molecule has 28 heavy (non-hydrogen) atoms. The first-order valence-electron chi connectivity index (χ1n) is 8.61. The number of aromatic nitrogens is 1. The van der Waals surface area contributed by atoms with Gasteiger partial charge in [-0.3, -0.25) is 14.5 Å². The topological polar surface area (TPSA) is 70.5 Å². The number of hydrogen-bond acceptors (Lipinski definition) is 4. The van der Waals surface area contributed by atoms with Crippen LogP contribution in [0.4, 0.5) is 5.82 Å². The van der Waals surface area contributed by atoms with E-state index >= 15 is 0 Å². The van der Waals surface area contributed by atoms with E-state index in [0.29, 0.717) is 16.9 Å². The maximum Gasteiger partial charge on any atom is 0.301 e. The SMILES string of the molecule is O=C1C(=O)N(c2ccccn2)C(c2ccccc2)C1=C(O)c1ccc(Br)cc1. The van der Waals surface area contributed by atoms with Crippen molar-refractivity contribution in [1.29, 1.82) is 0 Å². The summed E-state index contributed by atoms with van der Waals surface area (Å²) in [6.45, 7) is 0. The molecule has 2 aromatic carbocycles. The van der Waals surface area contributed by atoms with Gasteiger partial charge in [-0.25, -0.2) is 4.98 Å². The molecule has 2 heterocycles. The molecule has 3 aromatic rings. The van der Waals surface area contributed by atoms with Gasteiger partial charge in [-0.15, -0.1) is 0 Å². The maximum atomic E-state index is 12.9. The molecule has 138 valence electrons. The Kier molecular flexibility index (Phi) is 4.79. The van der Waals surface area contributed by atoms with Crippen LogP contribution in [0.5, 0.6) is 0 Å². The molecule has 6 heteroatoms. The summed E-state index contributed by atoms with van der Waals surface area (Å²) in [4.78, 5) is 31.4. The first kappa shape index (κ1) is 18.1. The molecule has 5 nitrogen and oxygen atoms in total. The Balaban J connectivity index is 1.94. The molecule has 0 bridgehead atoms. The number of Topliss-reactive ketones (excluding diaryl/α,β-unsaturated/α-hetero) is 1. The van der Waals surface area contributed by atoms with E-state index < -0.39 is 17.7 Å². The van der Waals surface area contributed by atoms with Crippen LogP contribution in [0.1, 0.15) is 17.2 Å². The highest BCUT2D eigenvalue weighted by molar-refractivity contribution is 9.10. The molecule has 0 radical (unpaired) electrons. The van der Waals surface area contributed by atoms with E-state index in [4.69, 9.17) is 0 Å². The van der Waals surface area contributed by atoms with Crippen molar-refractivity contribution in [2.75, 3.05) is 4.90 Å². The van der Waals surface area contributed by atoms with Crippen LogP contribution in [0.2, 0.25) is 0 Å². The van der Waals surface area contributed by atoms with Gasteiger partial charge in [-0.1, -0.05) is 64.5 Å². The summed E-state index contributed by atoms with van der Waals surface area (Å²) < 4.78 is 0.845. The molecule has 1 fully saturated rings. The second-order valence-electron chi connectivity index (χ2n) is 6.27. The van der Waals surface area contributed by atoms with Gasteiger partial charge < -0.3 is 5.11 Å². The lowest BCUT2D eigenvalue weighted by molar-refractivity contribution is -0.132. The summed E-state index contributed by atoms with van der Waals surface area (Å²) >= 11 is 3.35. The monoisotopic (exact) mass is 434 g/mol. The number of nitrogens with zero attached hydrogens (tertiary/aromatic N) is 2. The summed E-state index contributed by atoms with van der Waals surface area (Å²) in [5, 5.41) is 10.9. The number of pyridine rings is 1. The molecule has 1 aliphatic heterocycles. The van der Waals surface area contributed by atoms with Crippen molar-refractivity contribution in [1.82, 2.24) is 4.98 Å². The van der Waals surface area contributed by atoms with Crippen LogP contribution in [-0.4, -0.2) is 21.8 Å². The van der Waals surface area contributed by atoms with Crippen molar-refractivity contribution in [3.8, 4) is 0 Å². The number of aliphatic hydroxyl groups is 1. The number of carbonyl (C=O) groups excluding carboxylic acids is 2. The molecule has 1 amide bonds. The van der Waals surface area contributed by atoms with Gasteiger partial charge in [-0.2, -0.15) is 0 Å². The van der Waals surface area contributed by atoms with Gasteiger partial charge in [0, 0.05) is 16.2 Å². The summed E-state index contributed by atoms with van der Waals surface area (Å²) in [5.74, 6) is -1.31. The lowest BCUT2D eigenvalue weighted by Gasteiger charge is -2.24. The molecule has 1 N–H and O–H groups in total. The Hall–Kier alpha value is -3.25. The van der Waals surface area contributed by atoms with Gasteiger partial charge in [0.15, 0.2) is 0 Å². The first-order chi connectivity index (χ1) is 13.6. The van der Waals surface area contributed by atoms with Gasteiger partial charge >= 0.3 is 5.91 Å². The Labute approximate surface area is 170 Å². The molecule has 0 aliphatic carbocycles. The van der Waals surface area contributed by atoms with Crippen molar-refractivity contribution >= 4 is 39.2 Å². The zero-order chi connectivity index (χ0) is 19.7. The maximum absolute atomic E-state index is 12.9. The van der Waals surface area contributed by atoms with Gasteiger partial charge in [0.1, 0.15) is 11.6 Å². The molecule has 1 aliphatic rings. The third-order valence-corrected chi connectivity index (χ3v) is 5.10. The van der Waals surface area contributed by atoms with Crippen LogP contribution in [0.3, 0.4) is 0 Å². The van der Waals surface area contributed by atoms with Crippen LogP contribution in [0, 0.1) is 0 Å². The minimum absolute atomic E-state index is 0.0455. The summed E-state index contributed by atoms with van der Waals surface area (Å²) in [6, 6.07) is 20.4. The van der Waals surface area contributed by atoms with Crippen LogP contribution in [-0.2, 0) is 9.59 Å². The molecule has 0 spiro atoms. The quantitative estimate of drug-likeness (QED) is 0.375. The minimum Gasteiger partial charge on any atom is -0.507 e.